The number of rotatable bonds is 6. The molecule has 9 heteroatoms. The maximum atomic E-state index is 12.4. The van der Waals surface area contributed by atoms with E-state index in [0.29, 0.717) is 18.0 Å². The summed E-state index contributed by atoms with van der Waals surface area (Å²) in [6.45, 7) is 4.79. The van der Waals surface area contributed by atoms with Gasteiger partial charge in [-0.2, -0.15) is 0 Å². The topological polar surface area (TPSA) is 92.0 Å². The number of anilines is 1. The molecule has 162 valence electrons. The Morgan fingerprint density at radius 1 is 1.10 bits per heavy atom. The Kier molecular flexibility index (Phi) is 5.35. The average molecular weight is 423 g/mol. The van der Waals surface area contributed by atoms with E-state index in [4.69, 9.17) is 14.2 Å². The summed E-state index contributed by atoms with van der Waals surface area (Å²) >= 11 is 0. The molecule has 3 aromatic rings. The quantitative estimate of drug-likeness (QED) is 0.627. The highest BCUT2D eigenvalue weighted by Gasteiger charge is 2.21. The lowest BCUT2D eigenvalue weighted by Crippen LogP contribution is -2.48. The van der Waals surface area contributed by atoms with Crippen molar-refractivity contribution in [3.05, 3.63) is 42.2 Å². The number of benzene rings is 2. The summed E-state index contributed by atoms with van der Waals surface area (Å²) in [6.07, 6.45) is 0. The Balaban J connectivity index is 1.10. The number of hydrogen-bond acceptors (Lipinski definition) is 7. The fourth-order valence-corrected chi connectivity index (χ4v) is 3.94. The first-order valence-corrected chi connectivity index (χ1v) is 10.3. The fraction of sp³-hybridized carbons (Fsp3) is 0.364. The Morgan fingerprint density at radius 3 is 2.74 bits per heavy atom. The van der Waals surface area contributed by atoms with Gasteiger partial charge in [0.25, 0.3) is 0 Å². The third kappa shape index (κ3) is 4.42. The number of methoxy groups -OCH3 is 1. The van der Waals surface area contributed by atoms with Crippen molar-refractivity contribution in [2.24, 2.45) is 0 Å². The molecule has 2 aliphatic rings. The molecule has 2 aliphatic heterocycles. The van der Waals surface area contributed by atoms with E-state index in [1.807, 2.05) is 30.3 Å². The molecule has 1 aromatic heterocycles. The van der Waals surface area contributed by atoms with Gasteiger partial charge in [-0.1, -0.05) is 0 Å². The highest BCUT2D eigenvalue weighted by atomic mass is 16.7. The number of ether oxygens (including phenoxy) is 3. The second-order valence-corrected chi connectivity index (χ2v) is 7.74. The number of H-pyrrole nitrogens is 1. The molecular weight excluding hydrogens is 398 g/mol. The number of carbonyl (C=O) groups excluding carboxylic acids is 1. The highest BCUT2D eigenvalue weighted by Crippen LogP contribution is 2.34. The molecule has 0 radical (unpaired) electrons. The Hall–Kier alpha value is -3.30. The van der Waals surface area contributed by atoms with E-state index in [9.17, 15) is 4.79 Å². The molecule has 0 spiro atoms. The molecule has 0 bridgehead atoms. The molecule has 2 aromatic carbocycles. The predicted molar refractivity (Wildman–Crippen MR) is 116 cm³/mol. The summed E-state index contributed by atoms with van der Waals surface area (Å²) < 4.78 is 15.9. The average Bonchev–Trinajstić information content (AvgIpc) is 3.40. The van der Waals surface area contributed by atoms with Crippen molar-refractivity contribution in [3.8, 4) is 17.2 Å². The van der Waals surface area contributed by atoms with E-state index in [2.05, 4.69) is 25.1 Å². The lowest BCUT2D eigenvalue weighted by Gasteiger charge is -2.33. The zero-order valence-electron chi connectivity index (χ0n) is 17.4. The Bertz CT molecular complexity index is 1090. The standard InChI is InChI=1S/C22H25N5O4/c1-29-16-3-4-17-18(11-16)25-21(24-17)12-26-6-8-27(9-7-26)13-22(28)23-15-2-5-19-20(10-15)31-14-30-19/h2-5,10-11H,6-9,12-14H2,1H3,(H,23,28)(H,24,25). The molecule has 5 rings (SSSR count). The zero-order valence-corrected chi connectivity index (χ0v) is 17.4. The molecule has 1 saturated heterocycles. The zero-order chi connectivity index (χ0) is 21.2. The normalized spacial score (nSPS) is 16.5. The molecule has 1 fully saturated rings. The Morgan fingerprint density at radius 2 is 1.90 bits per heavy atom. The SMILES string of the molecule is COc1ccc2nc(CN3CCN(CC(=O)Nc4ccc5c(c4)OCO5)CC3)[nH]c2c1. The number of amides is 1. The summed E-state index contributed by atoms with van der Waals surface area (Å²) in [5.41, 5.74) is 2.64. The molecule has 0 unspecified atom stereocenters. The number of imidazole rings is 1. The van der Waals surface area contributed by atoms with Crippen LogP contribution in [0, 0.1) is 0 Å². The van der Waals surface area contributed by atoms with Crippen LogP contribution in [-0.2, 0) is 11.3 Å². The van der Waals surface area contributed by atoms with Gasteiger partial charge >= 0.3 is 0 Å². The van der Waals surface area contributed by atoms with Gasteiger partial charge in [-0.3, -0.25) is 14.6 Å². The lowest BCUT2D eigenvalue weighted by atomic mass is 10.2. The van der Waals surface area contributed by atoms with Crippen LogP contribution in [0.1, 0.15) is 5.82 Å². The van der Waals surface area contributed by atoms with Gasteiger partial charge in [0, 0.05) is 44.0 Å². The summed E-state index contributed by atoms with van der Waals surface area (Å²) in [7, 11) is 1.66. The van der Waals surface area contributed by atoms with Crippen molar-refractivity contribution in [2.75, 3.05) is 51.9 Å². The summed E-state index contributed by atoms with van der Waals surface area (Å²) in [5, 5.41) is 2.94. The van der Waals surface area contributed by atoms with E-state index >= 15 is 0 Å². The number of carbonyl (C=O) groups is 1. The number of hydrogen-bond donors (Lipinski definition) is 2. The number of piperazine rings is 1. The number of nitrogens with zero attached hydrogens (tertiary/aromatic N) is 3. The van der Waals surface area contributed by atoms with Gasteiger partial charge in [-0.15, -0.1) is 0 Å². The maximum Gasteiger partial charge on any atom is 0.238 e. The van der Waals surface area contributed by atoms with Crippen LogP contribution in [-0.4, -0.2) is 72.3 Å². The number of fused-ring (bicyclic) bond motifs is 2. The van der Waals surface area contributed by atoms with Crippen molar-refractivity contribution in [1.82, 2.24) is 19.8 Å². The van der Waals surface area contributed by atoms with Crippen LogP contribution in [0.3, 0.4) is 0 Å². The van der Waals surface area contributed by atoms with Crippen LogP contribution >= 0.6 is 0 Å². The van der Waals surface area contributed by atoms with Gasteiger partial charge in [-0.05, 0) is 24.3 Å². The minimum Gasteiger partial charge on any atom is -0.497 e. The predicted octanol–water partition coefficient (Wildman–Crippen LogP) is 2.06. The molecule has 9 nitrogen and oxygen atoms in total. The second kappa shape index (κ2) is 8.44. The first-order chi connectivity index (χ1) is 15.2. The minimum atomic E-state index is -0.0291. The van der Waals surface area contributed by atoms with E-state index in [1.54, 1.807) is 13.2 Å². The summed E-state index contributed by atoms with van der Waals surface area (Å²) in [4.78, 5) is 25.0. The summed E-state index contributed by atoms with van der Waals surface area (Å²) in [6, 6.07) is 11.3. The lowest BCUT2D eigenvalue weighted by molar-refractivity contribution is -0.117. The van der Waals surface area contributed by atoms with Crippen molar-refractivity contribution in [1.29, 1.82) is 0 Å². The third-order valence-corrected chi connectivity index (χ3v) is 5.60. The smallest absolute Gasteiger partial charge is 0.238 e. The maximum absolute atomic E-state index is 12.4. The van der Waals surface area contributed by atoms with Crippen LogP contribution in [0.2, 0.25) is 0 Å². The second-order valence-electron chi connectivity index (χ2n) is 7.74. The van der Waals surface area contributed by atoms with Crippen LogP contribution in [0.5, 0.6) is 17.2 Å². The van der Waals surface area contributed by atoms with Gasteiger partial charge in [0.05, 0.1) is 31.2 Å². The molecule has 2 N–H and O–H groups in total. The van der Waals surface area contributed by atoms with Crippen molar-refractivity contribution >= 4 is 22.6 Å². The van der Waals surface area contributed by atoms with Crippen LogP contribution in [0.15, 0.2) is 36.4 Å². The van der Waals surface area contributed by atoms with Crippen molar-refractivity contribution in [3.63, 3.8) is 0 Å². The Labute approximate surface area is 179 Å². The molecule has 0 saturated carbocycles. The fourth-order valence-electron chi connectivity index (χ4n) is 3.94. The third-order valence-electron chi connectivity index (χ3n) is 5.60. The van der Waals surface area contributed by atoms with Gasteiger partial charge < -0.3 is 24.5 Å². The van der Waals surface area contributed by atoms with E-state index < -0.39 is 0 Å². The van der Waals surface area contributed by atoms with Crippen LogP contribution in [0.25, 0.3) is 11.0 Å². The van der Waals surface area contributed by atoms with Gasteiger partial charge in [0.1, 0.15) is 11.6 Å². The monoisotopic (exact) mass is 423 g/mol. The molecule has 0 atom stereocenters. The van der Waals surface area contributed by atoms with E-state index in [1.165, 1.54) is 0 Å². The highest BCUT2D eigenvalue weighted by molar-refractivity contribution is 5.92. The van der Waals surface area contributed by atoms with Crippen LogP contribution < -0.4 is 19.5 Å². The van der Waals surface area contributed by atoms with Gasteiger partial charge in [-0.25, -0.2) is 4.98 Å². The molecular formula is C22H25N5O4. The first kappa shape index (κ1) is 19.7. The molecule has 0 aliphatic carbocycles. The minimum absolute atomic E-state index is 0.0291. The first-order valence-electron chi connectivity index (χ1n) is 10.3. The molecule has 1 amide bonds. The van der Waals surface area contributed by atoms with Crippen LogP contribution in [0.4, 0.5) is 5.69 Å². The summed E-state index contributed by atoms with van der Waals surface area (Å²) in [5.74, 6) is 3.10. The molecule has 3 heterocycles. The number of aromatic nitrogens is 2. The largest absolute Gasteiger partial charge is 0.497 e. The van der Waals surface area contributed by atoms with E-state index in [-0.39, 0.29) is 12.7 Å². The number of nitrogens with one attached hydrogen (secondary N) is 2. The van der Waals surface area contributed by atoms with Gasteiger partial charge in [0.2, 0.25) is 12.7 Å². The van der Waals surface area contributed by atoms with Crippen molar-refractivity contribution < 1.29 is 19.0 Å². The number of aromatic amines is 1. The van der Waals surface area contributed by atoms with Gasteiger partial charge in [0.15, 0.2) is 11.5 Å². The molecule has 31 heavy (non-hydrogen) atoms. The van der Waals surface area contributed by atoms with Crippen molar-refractivity contribution in [2.45, 2.75) is 6.54 Å². The van der Waals surface area contributed by atoms with E-state index in [0.717, 1.165) is 61.0 Å².